The molecule has 1 N–H and O–H groups in total. The summed E-state index contributed by atoms with van der Waals surface area (Å²) < 4.78 is 13.0. The second kappa shape index (κ2) is 7.12. The Morgan fingerprint density at radius 3 is 2.50 bits per heavy atom. The molecule has 4 heteroatoms. The summed E-state index contributed by atoms with van der Waals surface area (Å²) in [5.74, 6) is 0.381. The predicted molar refractivity (Wildman–Crippen MR) is 86.2 cm³/mol. The minimum atomic E-state index is -0.219. The van der Waals surface area contributed by atoms with Gasteiger partial charge in [-0.25, -0.2) is 4.39 Å². The Morgan fingerprint density at radius 2 is 1.77 bits per heavy atom. The molecule has 3 nitrogen and oxygen atoms in total. The van der Waals surface area contributed by atoms with E-state index < -0.39 is 0 Å². The number of anilines is 1. The topological polar surface area (TPSA) is 32.3 Å². The van der Waals surface area contributed by atoms with Crippen LogP contribution in [0.1, 0.15) is 44.9 Å². The second-order valence-corrected chi connectivity index (χ2v) is 6.61. The van der Waals surface area contributed by atoms with Gasteiger partial charge in [0, 0.05) is 30.7 Å². The number of hydrogen-bond donors (Lipinski definition) is 1. The van der Waals surface area contributed by atoms with Crippen molar-refractivity contribution in [3.63, 3.8) is 0 Å². The number of amides is 1. The van der Waals surface area contributed by atoms with Crippen LogP contribution in [0, 0.1) is 11.7 Å². The third-order valence-corrected chi connectivity index (χ3v) is 4.90. The predicted octanol–water partition coefficient (Wildman–Crippen LogP) is 3.81. The monoisotopic (exact) mass is 304 g/mol. The number of halogens is 1. The van der Waals surface area contributed by atoms with Crippen molar-refractivity contribution in [2.45, 2.75) is 51.0 Å². The van der Waals surface area contributed by atoms with Gasteiger partial charge in [0.25, 0.3) is 0 Å². The first-order chi connectivity index (χ1) is 10.7. The Balaban J connectivity index is 1.56. The average Bonchev–Trinajstić information content (AvgIpc) is 2.57. The molecule has 22 heavy (non-hydrogen) atoms. The quantitative estimate of drug-likeness (QED) is 0.921. The lowest BCUT2D eigenvalue weighted by atomic mass is 9.87. The van der Waals surface area contributed by atoms with Crippen molar-refractivity contribution in [1.82, 2.24) is 4.90 Å². The molecule has 0 unspecified atom stereocenters. The highest BCUT2D eigenvalue weighted by molar-refractivity contribution is 5.79. The Bertz CT molecular complexity index is 496. The van der Waals surface area contributed by atoms with Crippen molar-refractivity contribution in [2.75, 3.05) is 18.4 Å². The number of piperidine rings is 1. The van der Waals surface area contributed by atoms with Gasteiger partial charge in [0.2, 0.25) is 5.91 Å². The van der Waals surface area contributed by atoms with E-state index in [1.807, 2.05) is 4.90 Å². The number of carbonyl (C=O) groups is 1. The van der Waals surface area contributed by atoms with Gasteiger partial charge in [-0.3, -0.25) is 4.79 Å². The third-order valence-electron chi connectivity index (χ3n) is 4.90. The number of carbonyl (C=O) groups excluding carboxylic acids is 1. The number of likely N-dealkylation sites (tertiary alicyclic amines) is 1. The van der Waals surface area contributed by atoms with E-state index in [4.69, 9.17) is 0 Å². The summed E-state index contributed by atoms with van der Waals surface area (Å²) in [7, 11) is 0. The fourth-order valence-corrected chi connectivity index (χ4v) is 3.68. The molecule has 1 atom stereocenters. The molecule has 0 radical (unpaired) electrons. The lowest BCUT2D eigenvalue weighted by molar-refractivity contribution is -0.137. The molecular weight excluding hydrogens is 279 g/mol. The molecule has 1 aromatic carbocycles. The summed E-state index contributed by atoms with van der Waals surface area (Å²) in [5, 5.41) is 3.44. The van der Waals surface area contributed by atoms with E-state index in [9.17, 15) is 9.18 Å². The molecule has 2 aliphatic rings. The minimum Gasteiger partial charge on any atom is -0.381 e. The molecule has 1 saturated carbocycles. The van der Waals surface area contributed by atoms with E-state index in [1.54, 1.807) is 12.1 Å². The van der Waals surface area contributed by atoms with E-state index in [1.165, 1.54) is 31.4 Å². The van der Waals surface area contributed by atoms with Crippen LogP contribution in [-0.4, -0.2) is 29.9 Å². The number of nitrogens with one attached hydrogen (secondary N) is 1. The van der Waals surface area contributed by atoms with Crippen LogP contribution in [0.3, 0.4) is 0 Å². The van der Waals surface area contributed by atoms with Crippen molar-refractivity contribution >= 4 is 11.6 Å². The van der Waals surface area contributed by atoms with Crippen molar-refractivity contribution in [3.8, 4) is 0 Å². The van der Waals surface area contributed by atoms with Gasteiger partial charge in [0.15, 0.2) is 0 Å². The van der Waals surface area contributed by atoms with Crippen LogP contribution in [-0.2, 0) is 4.79 Å². The summed E-state index contributed by atoms with van der Waals surface area (Å²) in [5.41, 5.74) is 0.929. The summed E-state index contributed by atoms with van der Waals surface area (Å²) in [4.78, 5) is 14.7. The van der Waals surface area contributed by atoms with Crippen LogP contribution < -0.4 is 5.32 Å². The average molecular weight is 304 g/mol. The molecule has 0 bridgehead atoms. The van der Waals surface area contributed by atoms with Crippen LogP contribution in [0.25, 0.3) is 0 Å². The van der Waals surface area contributed by atoms with Crippen molar-refractivity contribution in [2.24, 2.45) is 5.92 Å². The molecule has 1 aromatic rings. The van der Waals surface area contributed by atoms with Crippen LogP contribution in [0.15, 0.2) is 24.3 Å². The molecule has 1 aliphatic carbocycles. The van der Waals surface area contributed by atoms with Crippen molar-refractivity contribution in [1.29, 1.82) is 0 Å². The highest BCUT2D eigenvalue weighted by Crippen LogP contribution is 2.27. The molecule has 2 fully saturated rings. The van der Waals surface area contributed by atoms with Gasteiger partial charge in [-0.15, -0.1) is 0 Å². The van der Waals surface area contributed by atoms with E-state index in [0.29, 0.717) is 5.91 Å². The Morgan fingerprint density at radius 1 is 1.05 bits per heavy atom. The zero-order chi connectivity index (χ0) is 15.4. The van der Waals surface area contributed by atoms with Crippen LogP contribution in [0.4, 0.5) is 10.1 Å². The summed E-state index contributed by atoms with van der Waals surface area (Å²) >= 11 is 0. The first kappa shape index (κ1) is 15.3. The molecule has 3 rings (SSSR count). The van der Waals surface area contributed by atoms with Crippen molar-refractivity contribution < 1.29 is 9.18 Å². The van der Waals surface area contributed by atoms with Crippen molar-refractivity contribution in [3.05, 3.63) is 30.1 Å². The number of rotatable bonds is 3. The molecule has 0 spiro atoms. The van der Waals surface area contributed by atoms with Gasteiger partial charge in [-0.2, -0.15) is 0 Å². The van der Waals surface area contributed by atoms with Crippen LogP contribution in [0.5, 0.6) is 0 Å². The Labute approximate surface area is 131 Å². The van der Waals surface area contributed by atoms with E-state index >= 15 is 0 Å². The highest BCUT2D eigenvalue weighted by Gasteiger charge is 2.29. The van der Waals surface area contributed by atoms with E-state index in [-0.39, 0.29) is 17.8 Å². The zero-order valence-electron chi connectivity index (χ0n) is 13.1. The van der Waals surface area contributed by atoms with Crippen LogP contribution >= 0.6 is 0 Å². The number of benzene rings is 1. The maximum absolute atomic E-state index is 13.0. The van der Waals surface area contributed by atoms with Gasteiger partial charge >= 0.3 is 0 Å². The smallest absolute Gasteiger partial charge is 0.225 e. The molecular formula is C18H25FN2O. The second-order valence-electron chi connectivity index (χ2n) is 6.61. The fourth-order valence-electron chi connectivity index (χ4n) is 3.68. The van der Waals surface area contributed by atoms with Gasteiger partial charge in [0.05, 0.1) is 0 Å². The van der Waals surface area contributed by atoms with Gasteiger partial charge in [0.1, 0.15) is 5.82 Å². The normalized spacial score (nSPS) is 23.3. The maximum atomic E-state index is 13.0. The fraction of sp³-hybridized carbons (Fsp3) is 0.611. The molecule has 1 amide bonds. The molecule has 1 saturated heterocycles. The number of nitrogens with zero attached hydrogens (tertiary/aromatic N) is 1. The zero-order valence-corrected chi connectivity index (χ0v) is 13.1. The summed E-state index contributed by atoms with van der Waals surface area (Å²) in [6.07, 6.45) is 7.89. The van der Waals surface area contributed by atoms with E-state index in [2.05, 4.69) is 5.32 Å². The summed E-state index contributed by atoms with van der Waals surface area (Å²) in [6, 6.07) is 6.73. The molecule has 120 valence electrons. The lowest BCUT2D eigenvalue weighted by Gasteiger charge is -2.36. The first-order valence-corrected chi connectivity index (χ1v) is 8.53. The first-order valence-electron chi connectivity index (χ1n) is 8.53. The van der Waals surface area contributed by atoms with Gasteiger partial charge in [-0.1, -0.05) is 19.3 Å². The van der Waals surface area contributed by atoms with Gasteiger partial charge < -0.3 is 10.2 Å². The molecule has 0 aromatic heterocycles. The molecule has 1 heterocycles. The Kier molecular flexibility index (Phi) is 4.96. The third kappa shape index (κ3) is 3.79. The van der Waals surface area contributed by atoms with Gasteiger partial charge in [-0.05, 0) is 49.9 Å². The lowest BCUT2D eigenvalue weighted by Crippen LogP contribution is -2.47. The SMILES string of the molecule is O=C(C1CCCCC1)N1CCC[C@@H](Nc2ccc(F)cc2)C1. The largest absolute Gasteiger partial charge is 0.381 e. The molecule has 1 aliphatic heterocycles. The maximum Gasteiger partial charge on any atom is 0.225 e. The standard InChI is InChI=1S/C18H25FN2O/c19-15-8-10-16(11-9-15)20-17-7-4-12-21(13-17)18(22)14-5-2-1-3-6-14/h8-11,14,17,20H,1-7,12-13H2/t17-/m1/s1. The minimum absolute atomic E-state index is 0.219. The number of hydrogen-bond acceptors (Lipinski definition) is 2. The van der Waals surface area contributed by atoms with Crippen LogP contribution in [0.2, 0.25) is 0 Å². The highest BCUT2D eigenvalue weighted by atomic mass is 19.1. The Hall–Kier alpha value is -1.58. The van der Waals surface area contributed by atoms with E-state index in [0.717, 1.165) is 44.5 Å². The summed E-state index contributed by atoms with van der Waals surface area (Å²) in [6.45, 7) is 1.66.